The molecule has 0 spiro atoms. The van der Waals surface area contributed by atoms with Crippen molar-refractivity contribution in [1.29, 1.82) is 0 Å². The van der Waals surface area contributed by atoms with Crippen LogP contribution in [0.1, 0.15) is 5.56 Å². The Morgan fingerprint density at radius 3 is 2.36 bits per heavy atom. The third-order valence-electron chi connectivity index (χ3n) is 3.41. The van der Waals surface area contributed by atoms with Crippen LogP contribution in [0.4, 0.5) is 10.1 Å². The molecule has 3 heteroatoms. The second-order valence-electron chi connectivity index (χ2n) is 5.04. The predicted molar refractivity (Wildman–Crippen MR) is 87.0 cm³/mol. The molecule has 0 saturated heterocycles. The van der Waals surface area contributed by atoms with Crippen LogP contribution in [0, 0.1) is 5.82 Å². The number of nitrogens with two attached hydrogens (primary N) is 1. The normalized spacial score (nSPS) is 10.4. The lowest BCUT2D eigenvalue weighted by Gasteiger charge is -2.11. The zero-order valence-corrected chi connectivity index (χ0v) is 12.0. The van der Waals surface area contributed by atoms with Gasteiger partial charge >= 0.3 is 0 Å². The number of nitrogen functional groups attached to an aromatic ring is 1. The Morgan fingerprint density at radius 1 is 0.818 bits per heavy atom. The van der Waals surface area contributed by atoms with Crippen molar-refractivity contribution in [2.45, 2.75) is 6.61 Å². The van der Waals surface area contributed by atoms with Crippen LogP contribution in [-0.2, 0) is 6.61 Å². The molecule has 0 aromatic heterocycles. The summed E-state index contributed by atoms with van der Waals surface area (Å²) in [5.41, 5.74) is 9.26. The van der Waals surface area contributed by atoms with Gasteiger partial charge in [-0.25, -0.2) is 4.39 Å². The van der Waals surface area contributed by atoms with E-state index >= 15 is 0 Å². The summed E-state index contributed by atoms with van der Waals surface area (Å²) in [4.78, 5) is 0. The van der Waals surface area contributed by atoms with Crippen LogP contribution in [-0.4, -0.2) is 0 Å². The van der Waals surface area contributed by atoms with Crippen LogP contribution >= 0.6 is 0 Å². The van der Waals surface area contributed by atoms with Crippen molar-refractivity contribution in [1.82, 2.24) is 0 Å². The molecule has 22 heavy (non-hydrogen) atoms. The summed E-state index contributed by atoms with van der Waals surface area (Å²) in [7, 11) is 0. The molecule has 0 unspecified atom stereocenters. The van der Waals surface area contributed by atoms with Crippen molar-refractivity contribution in [3.8, 4) is 16.9 Å². The van der Waals surface area contributed by atoms with E-state index in [9.17, 15) is 4.39 Å². The van der Waals surface area contributed by atoms with Gasteiger partial charge in [0.2, 0.25) is 0 Å². The topological polar surface area (TPSA) is 35.2 Å². The highest BCUT2D eigenvalue weighted by Crippen LogP contribution is 2.29. The molecule has 3 aromatic rings. The first-order valence-corrected chi connectivity index (χ1v) is 7.04. The molecule has 3 rings (SSSR count). The quantitative estimate of drug-likeness (QED) is 0.710. The number of benzene rings is 3. The number of rotatable bonds is 4. The highest BCUT2D eigenvalue weighted by atomic mass is 19.1. The van der Waals surface area contributed by atoms with Gasteiger partial charge in [0.15, 0.2) is 0 Å². The smallest absolute Gasteiger partial charge is 0.143 e. The van der Waals surface area contributed by atoms with Crippen LogP contribution in [0.5, 0.6) is 5.75 Å². The van der Waals surface area contributed by atoms with E-state index in [1.165, 1.54) is 12.1 Å². The molecule has 0 aliphatic heterocycles. The van der Waals surface area contributed by atoms with Gasteiger partial charge in [0, 0.05) is 0 Å². The summed E-state index contributed by atoms with van der Waals surface area (Å²) in [6, 6.07) is 21.8. The summed E-state index contributed by atoms with van der Waals surface area (Å²) >= 11 is 0. The van der Waals surface area contributed by atoms with Gasteiger partial charge in [0.05, 0.1) is 5.69 Å². The maximum Gasteiger partial charge on any atom is 0.143 e. The zero-order valence-electron chi connectivity index (χ0n) is 12.0. The maximum atomic E-state index is 13.3. The average molecular weight is 293 g/mol. The van der Waals surface area contributed by atoms with Gasteiger partial charge in [0.25, 0.3) is 0 Å². The molecule has 0 amide bonds. The fourth-order valence-corrected chi connectivity index (χ4v) is 2.24. The van der Waals surface area contributed by atoms with E-state index in [2.05, 4.69) is 0 Å². The van der Waals surface area contributed by atoms with Crippen molar-refractivity contribution in [3.05, 3.63) is 84.2 Å². The number of anilines is 1. The lowest BCUT2D eigenvalue weighted by atomic mass is 10.0. The van der Waals surface area contributed by atoms with E-state index in [-0.39, 0.29) is 5.82 Å². The van der Waals surface area contributed by atoms with E-state index in [1.807, 2.05) is 48.5 Å². The van der Waals surface area contributed by atoms with Gasteiger partial charge in [-0.15, -0.1) is 0 Å². The van der Waals surface area contributed by atoms with E-state index in [0.29, 0.717) is 18.0 Å². The highest BCUT2D eigenvalue weighted by molar-refractivity contribution is 5.69. The first-order valence-electron chi connectivity index (χ1n) is 7.04. The average Bonchev–Trinajstić information content (AvgIpc) is 2.55. The lowest BCUT2D eigenvalue weighted by Crippen LogP contribution is -1.99. The van der Waals surface area contributed by atoms with E-state index < -0.39 is 0 Å². The van der Waals surface area contributed by atoms with Crippen LogP contribution in [0.3, 0.4) is 0 Å². The minimum Gasteiger partial charge on any atom is -0.487 e. The summed E-state index contributed by atoms with van der Waals surface area (Å²) in [6.07, 6.45) is 0. The second kappa shape index (κ2) is 6.31. The molecule has 3 aromatic carbocycles. The molecule has 0 aliphatic carbocycles. The first-order chi connectivity index (χ1) is 10.7. The first kappa shape index (κ1) is 14.1. The third kappa shape index (κ3) is 3.26. The van der Waals surface area contributed by atoms with Gasteiger partial charge in [-0.05, 0) is 41.0 Å². The molecule has 0 atom stereocenters. The molecule has 110 valence electrons. The standard InChI is InChI=1S/C19H16FNO/c20-17-8-4-7-15(11-17)16-9-10-18(21)19(12-16)22-13-14-5-2-1-3-6-14/h1-12H,13,21H2. The van der Waals surface area contributed by atoms with Gasteiger partial charge in [-0.3, -0.25) is 0 Å². The minimum absolute atomic E-state index is 0.263. The largest absolute Gasteiger partial charge is 0.487 e. The van der Waals surface area contributed by atoms with Gasteiger partial charge in [0.1, 0.15) is 18.2 Å². The molecule has 0 fully saturated rings. The van der Waals surface area contributed by atoms with Gasteiger partial charge in [-0.1, -0.05) is 48.5 Å². The monoisotopic (exact) mass is 293 g/mol. The Labute approximate surface area is 129 Å². The van der Waals surface area contributed by atoms with Crippen LogP contribution in [0.15, 0.2) is 72.8 Å². The Hall–Kier alpha value is -2.81. The molecular weight excluding hydrogens is 277 g/mol. The van der Waals surface area contributed by atoms with Crippen molar-refractivity contribution in [2.75, 3.05) is 5.73 Å². The zero-order chi connectivity index (χ0) is 15.4. The minimum atomic E-state index is -0.263. The second-order valence-corrected chi connectivity index (χ2v) is 5.04. The number of ether oxygens (including phenoxy) is 1. The molecule has 0 heterocycles. The van der Waals surface area contributed by atoms with Gasteiger partial charge < -0.3 is 10.5 Å². The Morgan fingerprint density at radius 2 is 1.59 bits per heavy atom. The van der Waals surface area contributed by atoms with Crippen molar-refractivity contribution >= 4 is 5.69 Å². The van der Waals surface area contributed by atoms with Crippen LogP contribution in [0.2, 0.25) is 0 Å². The third-order valence-corrected chi connectivity index (χ3v) is 3.41. The molecule has 2 nitrogen and oxygen atoms in total. The summed E-state index contributed by atoms with van der Waals surface area (Å²) in [5, 5.41) is 0. The molecule has 0 radical (unpaired) electrons. The summed E-state index contributed by atoms with van der Waals surface area (Å²) in [5.74, 6) is 0.340. The lowest BCUT2D eigenvalue weighted by molar-refractivity contribution is 0.308. The van der Waals surface area contributed by atoms with Crippen molar-refractivity contribution in [2.24, 2.45) is 0 Å². The van der Waals surface area contributed by atoms with E-state index in [4.69, 9.17) is 10.5 Å². The van der Waals surface area contributed by atoms with Crippen molar-refractivity contribution in [3.63, 3.8) is 0 Å². The Bertz CT molecular complexity index is 771. The number of hydrogen-bond donors (Lipinski definition) is 1. The number of halogens is 1. The molecule has 0 saturated carbocycles. The van der Waals surface area contributed by atoms with E-state index in [0.717, 1.165) is 16.7 Å². The predicted octanol–water partition coefficient (Wildman–Crippen LogP) is 4.65. The fourth-order valence-electron chi connectivity index (χ4n) is 2.24. The fraction of sp³-hybridized carbons (Fsp3) is 0.0526. The molecular formula is C19H16FNO. The van der Waals surface area contributed by atoms with Gasteiger partial charge in [-0.2, -0.15) is 0 Å². The molecule has 2 N–H and O–H groups in total. The van der Waals surface area contributed by atoms with Crippen molar-refractivity contribution < 1.29 is 9.13 Å². The Balaban J connectivity index is 1.84. The summed E-state index contributed by atoms with van der Waals surface area (Å²) < 4.78 is 19.1. The maximum absolute atomic E-state index is 13.3. The molecule has 0 aliphatic rings. The Kier molecular flexibility index (Phi) is 4.05. The molecule has 0 bridgehead atoms. The van der Waals surface area contributed by atoms with Crippen LogP contribution in [0.25, 0.3) is 11.1 Å². The SMILES string of the molecule is Nc1ccc(-c2cccc(F)c2)cc1OCc1ccccc1. The van der Waals surface area contributed by atoms with Crippen LogP contribution < -0.4 is 10.5 Å². The summed E-state index contributed by atoms with van der Waals surface area (Å²) in [6.45, 7) is 0.442. The van der Waals surface area contributed by atoms with E-state index in [1.54, 1.807) is 12.1 Å². The highest BCUT2D eigenvalue weighted by Gasteiger charge is 2.06. The number of hydrogen-bond acceptors (Lipinski definition) is 2.